The Morgan fingerprint density at radius 1 is 1.08 bits per heavy atom. The quantitative estimate of drug-likeness (QED) is 0.823. The van der Waals surface area contributed by atoms with Crippen LogP contribution < -0.4 is 9.46 Å². The number of nitrogens with one attached hydrogen (secondary N) is 1. The molecule has 1 atom stereocenters. The van der Waals surface area contributed by atoms with Crippen molar-refractivity contribution in [1.29, 1.82) is 0 Å². The molecule has 0 spiro atoms. The molecule has 1 aromatic carbocycles. The minimum absolute atomic E-state index is 0.148. The smallest absolute Gasteiger partial charge is 0.241 e. The molecule has 1 heterocycles. The highest BCUT2D eigenvalue weighted by atomic mass is 32.2. The second-order valence-electron chi connectivity index (χ2n) is 7.22. The van der Waals surface area contributed by atoms with Crippen LogP contribution in [0.3, 0.4) is 0 Å². The van der Waals surface area contributed by atoms with E-state index in [-0.39, 0.29) is 16.9 Å². The number of sulfonamides is 1. The van der Waals surface area contributed by atoms with Crippen molar-refractivity contribution in [2.24, 2.45) is 0 Å². The molecule has 0 aromatic heterocycles. The Labute approximate surface area is 156 Å². The normalized spacial score (nSPS) is 20.1. The molecule has 3 rings (SSSR count). The number of ether oxygens (including phenoxy) is 1. The predicted octanol–water partition coefficient (Wildman–Crippen LogP) is 2.69. The van der Waals surface area contributed by atoms with Crippen LogP contribution in [0.2, 0.25) is 0 Å². The number of carbonyl (C=O) groups is 1. The first kappa shape index (κ1) is 19.2. The highest BCUT2D eigenvalue weighted by Crippen LogP contribution is 2.25. The van der Waals surface area contributed by atoms with Crippen LogP contribution in [0.1, 0.15) is 51.9 Å². The fraction of sp³-hybridized carbons (Fsp3) is 0.632. The summed E-state index contributed by atoms with van der Waals surface area (Å²) in [4.78, 5) is 14.3. The van der Waals surface area contributed by atoms with Crippen molar-refractivity contribution in [2.45, 2.75) is 68.9 Å². The van der Waals surface area contributed by atoms with Crippen molar-refractivity contribution >= 4 is 15.9 Å². The van der Waals surface area contributed by atoms with E-state index in [0.29, 0.717) is 18.8 Å². The maximum atomic E-state index is 12.6. The zero-order valence-electron chi connectivity index (χ0n) is 15.3. The molecule has 1 saturated heterocycles. The number of hydrogen-bond acceptors (Lipinski definition) is 4. The van der Waals surface area contributed by atoms with Crippen molar-refractivity contribution in [3.8, 4) is 5.75 Å². The van der Waals surface area contributed by atoms with Gasteiger partial charge in [0.25, 0.3) is 0 Å². The first-order valence-electron chi connectivity index (χ1n) is 9.53. The van der Waals surface area contributed by atoms with Crippen LogP contribution in [0.4, 0.5) is 0 Å². The molecule has 1 saturated carbocycles. The van der Waals surface area contributed by atoms with Crippen molar-refractivity contribution in [1.82, 2.24) is 9.62 Å². The highest BCUT2D eigenvalue weighted by Gasteiger charge is 2.26. The van der Waals surface area contributed by atoms with Crippen LogP contribution in [-0.4, -0.2) is 44.5 Å². The van der Waals surface area contributed by atoms with E-state index in [1.807, 2.05) is 0 Å². The standard InChI is InChI=1S/C19H28N2O4S/c1-15(19(22)21-13-5-2-6-14-21)20-26(23,24)18-11-9-17(10-12-18)25-16-7-3-4-8-16/h9-12,15-16,20H,2-8,13-14H2,1H3/t15-/m0/s1. The Balaban J connectivity index is 1.60. The highest BCUT2D eigenvalue weighted by molar-refractivity contribution is 7.89. The molecule has 2 aliphatic rings. The van der Waals surface area contributed by atoms with Gasteiger partial charge in [-0.25, -0.2) is 8.42 Å². The zero-order chi connectivity index (χ0) is 18.6. The molecule has 1 aliphatic carbocycles. The number of rotatable bonds is 6. The van der Waals surface area contributed by atoms with E-state index in [0.717, 1.165) is 32.1 Å². The van der Waals surface area contributed by atoms with Crippen LogP contribution in [0.15, 0.2) is 29.2 Å². The second kappa shape index (κ2) is 8.39. The van der Waals surface area contributed by atoms with E-state index in [1.54, 1.807) is 24.0 Å². The van der Waals surface area contributed by atoms with Gasteiger partial charge in [0.1, 0.15) is 5.75 Å². The van der Waals surface area contributed by atoms with Crippen LogP contribution in [-0.2, 0) is 14.8 Å². The first-order valence-corrected chi connectivity index (χ1v) is 11.0. The summed E-state index contributed by atoms with van der Waals surface area (Å²) in [5.41, 5.74) is 0. The van der Waals surface area contributed by atoms with Crippen molar-refractivity contribution in [2.75, 3.05) is 13.1 Å². The number of likely N-dealkylation sites (tertiary alicyclic amines) is 1. The molecule has 0 unspecified atom stereocenters. The van der Waals surface area contributed by atoms with E-state index in [1.165, 1.54) is 25.0 Å². The first-order chi connectivity index (χ1) is 12.5. The molecule has 6 nitrogen and oxygen atoms in total. The van der Waals surface area contributed by atoms with Gasteiger partial charge in [-0.15, -0.1) is 0 Å². The van der Waals surface area contributed by atoms with Gasteiger partial charge in [0.2, 0.25) is 15.9 Å². The van der Waals surface area contributed by atoms with E-state index in [2.05, 4.69) is 4.72 Å². The van der Waals surface area contributed by atoms with Gasteiger partial charge in [-0.2, -0.15) is 4.72 Å². The molecule has 1 N–H and O–H groups in total. The van der Waals surface area contributed by atoms with Crippen LogP contribution in [0.25, 0.3) is 0 Å². The topological polar surface area (TPSA) is 75.7 Å². The number of benzene rings is 1. The van der Waals surface area contributed by atoms with E-state index < -0.39 is 16.1 Å². The molecular formula is C19H28N2O4S. The number of carbonyl (C=O) groups excluding carboxylic acids is 1. The average Bonchev–Trinajstić information content (AvgIpc) is 3.15. The molecule has 2 fully saturated rings. The average molecular weight is 381 g/mol. The van der Waals surface area contributed by atoms with Crippen molar-refractivity contribution in [3.63, 3.8) is 0 Å². The maximum absolute atomic E-state index is 12.6. The summed E-state index contributed by atoms with van der Waals surface area (Å²) in [6.45, 7) is 3.02. The Morgan fingerprint density at radius 2 is 1.69 bits per heavy atom. The number of piperidine rings is 1. The number of amides is 1. The molecule has 1 aliphatic heterocycles. The van der Waals surface area contributed by atoms with E-state index >= 15 is 0 Å². The molecule has 0 bridgehead atoms. The molecular weight excluding hydrogens is 352 g/mol. The van der Waals surface area contributed by atoms with Gasteiger partial charge in [-0.1, -0.05) is 0 Å². The van der Waals surface area contributed by atoms with Gasteiger partial charge in [0.15, 0.2) is 0 Å². The van der Waals surface area contributed by atoms with Crippen molar-refractivity contribution < 1.29 is 17.9 Å². The molecule has 1 amide bonds. The van der Waals surface area contributed by atoms with Gasteiger partial charge < -0.3 is 9.64 Å². The molecule has 0 radical (unpaired) electrons. The Hall–Kier alpha value is -1.60. The Bertz CT molecular complexity index is 706. The monoisotopic (exact) mass is 380 g/mol. The lowest BCUT2D eigenvalue weighted by atomic mass is 10.1. The summed E-state index contributed by atoms with van der Waals surface area (Å²) >= 11 is 0. The van der Waals surface area contributed by atoms with Gasteiger partial charge in [0, 0.05) is 13.1 Å². The summed E-state index contributed by atoms with van der Waals surface area (Å²) in [5, 5.41) is 0. The number of hydrogen-bond donors (Lipinski definition) is 1. The SMILES string of the molecule is C[C@H](NS(=O)(=O)c1ccc(OC2CCCC2)cc1)C(=O)N1CCCCC1. The summed E-state index contributed by atoms with van der Waals surface area (Å²) in [5.74, 6) is 0.530. The maximum Gasteiger partial charge on any atom is 0.241 e. The summed E-state index contributed by atoms with van der Waals surface area (Å²) in [7, 11) is -3.74. The third-order valence-electron chi connectivity index (χ3n) is 5.11. The second-order valence-corrected chi connectivity index (χ2v) is 8.94. The van der Waals surface area contributed by atoms with Crippen LogP contribution >= 0.6 is 0 Å². The van der Waals surface area contributed by atoms with Gasteiger partial charge in [0.05, 0.1) is 17.0 Å². The van der Waals surface area contributed by atoms with E-state index in [9.17, 15) is 13.2 Å². The predicted molar refractivity (Wildman–Crippen MR) is 99.5 cm³/mol. The fourth-order valence-corrected chi connectivity index (χ4v) is 4.83. The lowest BCUT2D eigenvalue weighted by Crippen LogP contribution is -2.48. The molecule has 1 aromatic rings. The minimum Gasteiger partial charge on any atom is -0.490 e. The third-order valence-corrected chi connectivity index (χ3v) is 6.67. The minimum atomic E-state index is -3.74. The van der Waals surface area contributed by atoms with Gasteiger partial charge in [-0.05, 0) is 76.1 Å². The Kier molecular flexibility index (Phi) is 6.19. The molecule has 144 valence electrons. The lowest BCUT2D eigenvalue weighted by Gasteiger charge is -2.29. The van der Waals surface area contributed by atoms with Crippen LogP contribution in [0, 0.1) is 0 Å². The van der Waals surface area contributed by atoms with E-state index in [4.69, 9.17) is 4.74 Å². The van der Waals surface area contributed by atoms with Gasteiger partial charge >= 0.3 is 0 Å². The van der Waals surface area contributed by atoms with Crippen LogP contribution in [0.5, 0.6) is 5.75 Å². The summed E-state index contributed by atoms with van der Waals surface area (Å²) in [6.07, 6.45) is 7.79. The molecule has 26 heavy (non-hydrogen) atoms. The fourth-order valence-electron chi connectivity index (χ4n) is 3.64. The Morgan fingerprint density at radius 3 is 2.31 bits per heavy atom. The largest absolute Gasteiger partial charge is 0.490 e. The number of nitrogens with zero attached hydrogens (tertiary/aromatic N) is 1. The zero-order valence-corrected chi connectivity index (χ0v) is 16.1. The lowest BCUT2D eigenvalue weighted by molar-refractivity contribution is -0.133. The summed E-state index contributed by atoms with van der Waals surface area (Å²) in [6, 6.07) is 5.66. The summed E-state index contributed by atoms with van der Waals surface area (Å²) < 4.78 is 33.5. The molecule has 7 heteroatoms. The van der Waals surface area contributed by atoms with Gasteiger partial charge in [-0.3, -0.25) is 4.79 Å². The third kappa shape index (κ3) is 4.76. The van der Waals surface area contributed by atoms with Crippen molar-refractivity contribution in [3.05, 3.63) is 24.3 Å².